The third-order valence-electron chi connectivity index (χ3n) is 2.68. The van der Waals surface area contributed by atoms with E-state index in [0.29, 0.717) is 4.88 Å². The number of hydrogen-bond donors (Lipinski definition) is 2. The number of carbonyl (C=O) groups excluding carboxylic acids is 1. The van der Waals surface area contributed by atoms with Gasteiger partial charge >= 0.3 is 0 Å². The Morgan fingerprint density at radius 2 is 2.28 bits per heavy atom. The molecular weight excluding hydrogens is 268 g/mol. The Bertz CT molecular complexity index is 555. The van der Waals surface area contributed by atoms with Crippen LogP contribution in [0.15, 0.2) is 20.9 Å². The number of thiophene rings is 1. The van der Waals surface area contributed by atoms with Crippen molar-refractivity contribution in [2.45, 2.75) is 31.7 Å². The molecule has 4 nitrogen and oxygen atoms in total. The van der Waals surface area contributed by atoms with Gasteiger partial charge in [-0.3, -0.25) is 4.79 Å². The van der Waals surface area contributed by atoms with Crippen molar-refractivity contribution in [3.8, 4) is 0 Å². The summed E-state index contributed by atoms with van der Waals surface area (Å²) in [6, 6.07) is 1.62. The Morgan fingerprint density at radius 1 is 1.56 bits per heavy atom. The van der Waals surface area contributed by atoms with Crippen molar-refractivity contribution < 1.29 is 9.32 Å². The lowest BCUT2D eigenvalue weighted by atomic mass is 10.1. The molecule has 0 radical (unpaired) electrons. The number of aryl methyl sites for hydroxylation is 2. The summed E-state index contributed by atoms with van der Waals surface area (Å²) in [4.78, 5) is 13.5. The molecule has 96 valence electrons. The minimum absolute atomic E-state index is 0.104. The van der Waals surface area contributed by atoms with Crippen LogP contribution in [0.5, 0.6) is 0 Å². The molecule has 2 rings (SSSR count). The fraction of sp³-hybridized carbons (Fsp3) is 0.333. The van der Waals surface area contributed by atoms with Crippen LogP contribution in [0.1, 0.15) is 39.7 Å². The van der Waals surface area contributed by atoms with E-state index >= 15 is 0 Å². The van der Waals surface area contributed by atoms with Crippen LogP contribution in [-0.2, 0) is 0 Å². The van der Waals surface area contributed by atoms with Gasteiger partial charge in [-0.25, -0.2) is 0 Å². The molecule has 0 aromatic carbocycles. The molecule has 1 unspecified atom stereocenters. The Kier molecular flexibility index (Phi) is 3.77. The summed E-state index contributed by atoms with van der Waals surface area (Å²) in [6.07, 6.45) is 0. The number of nitrogens with zero attached hydrogens (tertiary/aromatic N) is 1. The molecule has 2 heterocycles. The lowest BCUT2D eigenvalue weighted by Crippen LogP contribution is -2.26. The Labute approximate surface area is 115 Å². The van der Waals surface area contributed by atoms with Crippen molar-refractivity contribution in [1.29, 1.82) is 0 Å². The standard InChI is InChI=1S/C12H14N2O2S2/c1-6(11-7(2)14-16-8(11)3)13-12(15)10-4-9(17)5-18-10/h4-6,17H,1-3H3,(H,13,15). The van der Waals surface area contributed by atoms with Crippen LogP contribution in [0.3, 0.4) is 0 Å². The van der Waals surface area contributed by atoms with Crippen molar-refractivity contribution in [2.75, 3.05) is 0 Å². The maximum absolute atomic E-state index is 12.0. The van der Waals surface area contributed by atoms with E-state index in [-0.39, 0.29) is 11.9 Å². The van der Waals surface area contributed by atoms with Gasteiger partial charge in [-0.1, -0.05) is 5.16 Å². The van der Waals surface area contributed by atoms with Crippen LogP contribution in [0.25, 0.3) is 0 Å². The Morgan fingerprint density at radius 3 is 2.78 bits per heavy atom. The van der Waals surface area contributed by atoms with Gasteiger partial charge in [-0.2, -0.15) is 0 Å². The molecule has 0 fully saturated rings. The number of rotatable bonds is 3. The van der Waals surface area contributed by atoms with Crippen LogP contribution >= 0.6 is 24.0 Å². The summed E-state index contributed by atoms with van der Waals surface area (Å²) in [5.41, 5.74) is 1.74. The number of carbonyl (C=O) groups is 1. The number of hydrogen-bond acceptors (Lipinski definition) is 5. The first kappa shape index (κ1) is 13.2. The predicted octanol–water partition coefficient (Wildman–Crippen LogP) is 3.13. The predicted molar refractivity (Wildman–Crippen MR) is 73.4 cm³/mol. The number of aromatic nitrogens is 1. The van der Waals surface area contributed by atoms with Crippen LogP contribution < -0.4 is 5.32 Å². The SMILES string of the molecule is Cc1noc(C)c1C(C)NC(=O)c1cc(S)cs1. The average Bonchev–Trinajstić information content (AvgIpc) is 2.85. The van der Waals surface area contributed by atoms with Gasteiger partial charge in [0.15, 0.2) is 0 Å². The molecule has 2 aromatic heterocycles. The first-order chi connectivity index (χ1) is 8.49. The molecule has 18 heavy (non-hydrogen) atoms. The van der Waals surface area contributed by atoms with Crippen molar-refractivity contribution in [3.05, 3.63) is 33.3 Å². The van der Waals surface area contributed by atoms with Gasteiger partial charge in [0, 0.05) is 15.8 Å². The summed E-state index contributed by atoms with van der Waals surface area (Å²) >= 11 is 5.57. The van der Waals surface area contributed by atoms with Crippen molar-refractivity contribution in [3.63, 3.8) is 0 Å². The van der Waals surface area contributed by atoms with Gasteiger partial charge in [0.1, 0.15) is 5.76 Å². The molecule has 0 spiro atoms. The Hall–Kier alpha value is -1.27. The molecule has 1 atom stereocenters. The van der Waals surface area contributed by atoms with E-state index in [0.717, 1.165) is 21.9 Å². The minimum Gasteiger partial charge on any atom is -0.361 e. The highest BCUT2D eigenvalue weighted by Gasteiger charge is 2.19. The van der Waals surface area contributed by atoms with Gasteiger partial charge in [0.2, 0.25) is 0 Å². The molecule has 0 bridgehead atoms. The first-order valence-corrected chi connectivity index (χ1v) is 6.83. The zero-order chi connectivity index (χ0) is 13.3. The van der Waals surface area contributed by atoms with Crippen LogP contribution in [0.2, 0.25) is 0 Å². The topological polar surface area (TPSA) is 55.1 Å². The second kappa shape index (κ2) is 5.16. The van der Waals surface area contributed by atoms with Crippen molar-refractivity contribution in [1.82, 2.24) is 10.5 Å². The van der Waals surface area contributed by atoms with E-state index < -0.39 is 0 Å². The van der Waals surface area contributed by atoms with E-state index in [2.05, 4.69) is 23.1 Å². The fourth-order valence-electron chi connectivity index (χ4n) is 1.89. The highest BCUT2D eigenvalue weighted by molar-refractivity contribution is 7.80. The summed E-state index contributed by atoms with van der Waals surface area (Å²) in [5, 5.41) is 8.65. The first-order valence-electron chi connectivity index (χ1n) is 5.50. The number of thiol groups is 1. The third kappa shape index (κ3) is 2.59. The van der Waals surface area contributed by atoms with Crippen LogP contribution in [0.4, 0.5) is 0 Å². The van der Waals surface area contributed by atoms with Crippen LogP contribution in [0, 0.1) is 13.8 Å². The highest BCUT2D eigenvalue weighted by Crippen LogP contribution is 2.23. The molecule has 0 aliphatic heterocycles. The third-order valence-corrected chi connectivity index (χ3v) is 4.04. The largest absolute Gasteiger partial charge is 0.361 e. The molecule has 0 saturated heterocycles. The average molecular weight is 282 g/mol. The van der Waals surface area contributed by atoms with E-state index in [1.807, 2.05) is 26.2 Å². The number of amides is 1. The lowest BCUT2D eigenvalue weighted by molar-refractivity contribution is 0.0943. The van der Waals surface area contributed by atoms with Crippen molar-refractivity contribution in [2.24, 2.45) is 0 Å². The quantitative estimate of drug-likeness (QED) is 0.850. The smallest absolute Gasteiger partial charge is 0.261 e. The second-order valence-corrected chi connectivity index (χ2v) is 5.53. The maximum Gasteiger partial charge on any atom is 0.261 e. The number of nitrogens with one attached hydrogen (secondary N) is 1. The van der Waals surface area contributed by atoms with Crippen LogP contribution in [-0.4, -0.2) is 11.1 Å². The molecule has 1 amide bonds. The summed E-state index contributed by atoms with van der Waals surface area (Å²) in [5.74, 6) is 0.633. The molecule has 0 saturated carbocycles. The summed E-state index contributed by atoms with van der Waals surface area (Å²) < 4.78 is 5.10. The maximum atomic E-state index is 12.0. The summed E-state index contributed by atoms with van der Waals surface area (Å²) in [6.45, 7) is 5.63. The van der Waals surface area contributed by atoms with Gasteiger partial charge in [0.25, 0.3) is 5.91 Å². The Balaban J connectivity index is 2.13. The molecule has 2 aromatic rings. The second-order valence-electron chi connectivity index (χ2n) is 4.10. The van der Waals surface area contributed by atoms with E-state index in [1.54, 1.807) is 6.07 Å². The van der Waals surface area contributed by atoms with Gasteiger partial charge in [-0.05, 0) is 26.8 Å². The molecule has 0 aliphatic rings. The lowest BCUT2D eigenvalue weighted by Gasteiger charge is -2.12. The molecule has 6 heteroatoms. The van der Waals surface area contributed by atoms with Crippen molar-refractivity contribution >= 4 is 29.9 Å². The fourth-order valence-corrected chi connectivity index (χ4v) is 2.94. The van der Waals surface area contributed by atoms with E-state index in [1.165, 1.54) is 11.3 Å². The van der Waals surface area contributed by atoms with E-state index in [4.69, 9.17) is 4.52 Å². The van der Waals surface area contributed by atoms with Gasteiger partial charge < -0.3 is 9.84 Å². The zero-order valence-corrected chi connectivity index (χ0v) is 12.1. The monoisotopic (exact) mass is 282 g/mol. The molecule has 1 N–H and O–H groups in total. The highest BCUT2D eigenvalue weighted by atomic mass is 32.1. The minimum atomic E-state index is -0.130. The molecular formula is C12H14N2O2S2. The summed E-state index contributed by atoms with van der Waals surface area (Å²) in [7, 11) is 0. The zero-order valence-electron chi connectivity index (χ0n) is 10.4. The molecule has 0 aliphatic carbocycles. The van der Waals surface area contributed by atoms with Gasteiger partial charge in [0.05, 0.1) is 16.6 Å². The van der Waals surface area contributed by atoms with Gasteiger partial charge in [-0.15, -0.1) is 24.0 Å². The normalized spacial score (nSPS) is 12.4. The van der Waals surface area contributed by atoms with E-state index in [9.17, 15) is 4.79 Å².